The molecule has 20 heteroatoms. The normalized spacial score (nSPS) is 13.9. The van der Waals surface area contributed by atoms with E-state index in [1.54, 1.807) is 0 Å². The highest BCUT2D eigenvalue weighted by atomic mass is 16.6. The van der Waals surface area contributed by atoms with Gasteiger partial charge >= 0.3 is 11.4 Å². The molecule has 202 valence electrons. The number of anilines is 2. The molecule has 0 heterocycles. The summed E-state index contributed by atoms with van der Waals surface area (Å²) in [5, 5.41) is 90.6. The maximum absolute atomic E-state index is 11.3. The molecule has 0 saturated heterocycles. The SMILES string of the molecule is O=[N+]([O-])c1ccc(NN=CC(=NNc2ccc([N+](=O)[O-])cc2[N+](=O)[O-])C(O)C(O)C(O)CO)c([N+](=O)[O-])c1. The highest BCUT2D eigenvalue weighted by molar-refractivity contribution is 6.33. The van der Waals surface area contributed by atoms with Crippen LogP contribution in [0.25, 0.3) is 0 Å². The number of aliphatic hydroxyl groups is 4. The molecule has 0 saturated carbocycles. The maximum Gasteiger partial charge on any atom is 0.301 e. The van der Waals surface area contributed by atoms with E-state index in [4.69, 9.17) is 5.11 Å². The van der Waals surface area contributed by atoms with Gasteiger partial charge in [0.2, 0.25) is 0 Å². The maximum atomic E-state index is 11.3. The third-order valence-corrected chi connectivity index (χ3v) is 4.67. The van der Waals surface area contributed by atoms with Gasteiger partial charge in [0.25, 0.3) is 11.4 Å². The molecule has 3 unspecified atom stereocenters. The fourth-order valence-electron chi connectivity index (χ4n) is 2.72. The van der Waals surface area contributed by atoms with Crippen molar-refractivity contribution >= 4 is 46.1 Å². The van der Waals surface area contributed by atoms with E-state index >= 15 is 0 Å². The minimum atomic E-state index is -2.10. The first-order chi connectivity index (χ1) is 17.9. The van der Waals surface area contributed by atoms with Crippen molar-refractivity contribution in [3.63, 3.8) is 0 Å². The van der Waals surface area contributed by atoms with Gasteiger partial charge in [-0.25, -0.2) is 0 Å². The fourth-order valence-corrected chi connectivity index (χ4v) is 2.72. The van der Waals surface area contributed by atoms with Crippen LogP contribution >= 0.6 is 0 Å². The first-order valence-corrected chi connectivity index (χ1v) is 10.0. The molecule has 2 aromatic carbocycles. The molecule has 0 amide bonds. The largest absolute Gasteiger partial charge is 0.394 e. The Morgan fingerprint density at radius 1 is 0.816 bits per heavy atom. The smallest absolute Gasteiger partial charge is 0.301 e. The summed E-state index contributed by atoms with van der Waals surface area (Å²) in [4.78, 5) is 40.7. The number of nitrogens with one attached hydrogen (secondary N) is 2. The van der Waals surface area contributed by atoms with Crippen LogP contribution in [-0.2, 0) is 0 Å². The molecule has 38 heavy (non-hydrogen) atoms. The number of hydrazone groups is 2. The molecule has 2 aromatic rings. The van der Waals surface area contributed by atoms with E-state index in [9.17, 15) is 55.8 Å². The predicted molar refractivity (Wildman–Crippen MR) is 128 cm³/mol. The lowest BCUT2D eigenvalue weighted by Gasteiger charge is -2.21. The number of nitro groups is 4. The summed E-state index contributed by atoms with van der Waals surface area (Å²) in [6.45, 7) is -0.989. The zero-order valence-corrected chi connectivity index (χ0v) is 18.7. The van der Waals surface area contributed by atoms with Crippen molar-refractivity contribution in [1.29, 1.82) is 0 Å². The molecular weight excluding hydrogens is 520 g/mol. The molecule has 0 aliphatic rings. The molecule has 3 atom stereocenters. The summed E-state index contributed by atoms with van der Waals surface area (Å²) in [5.41, 5.74) is 0.248. The molecule has 6 N–H and O–H groups in total. The van der Waals surface area contributed by atoms with E-state index in [-0.39, 0.29) is 5.69 Å². The minimum Gasteiger partial charge on any atom is -0.394 e. The summed E-state index contributed by atoms with van der Waals surface area (Å²) in [6, 6.07) is 5.02. The summed E-state index contributed by atoms with van der Waals surface area (Å²) in [6.07, 6.45) is -5.36. The van der Waals surface area contributed by atoms with Crippen molar-refractivity contribution in [2.45, 2.75) is 18.3 Å². The van der Waals surface area contributed by atoms with Gasteiger partial charge in [0.1, 0.15) is 35.4 Å². The molecule has 0 radical (unpaired) electrons. The van der Waals surface area contributed by atoms with Gasteiger partial charge in [-0.1, -0.05) is 0 Å². The van der Waals surface area contributed by atoms with Crippen molar-refractivity contribution in [3.05, 3.63) is 76.9 Å². The number of rotatable bonds is 13. The van der Waals surface area contributed by atoms with E-state index in [2.05, 4.69) is 21.1 Å². The van der Waals surface area contributed by atoms with Crippen LogP contribution in [-0.4, -0.2) is 77.0 Å². The predicted octanol–water partition coefficient (Wildman–Crippen LogP) is 0.260. The lowest BCUT2D eigenvalue weighted by molar-refractivity contribution is -0.393. The fraction of sp³-hybridized carbons (Fsp3) is 0.222. The van der Waals surface area contributed by atoms with E-state index in [1.807, 2.05) is 0 Å². The summed E-state index contributed by atoms with van der Waals surface area (Å²) in [5.74, 6) is 0. The Morgan fingerprint density at radius 2 is 1.29 bits per heavy atom. The minimum absolute atomic E-state index is 0.333. The van der Waals surface area contributed by atoms with Crippen LogP contribution in [0, 0.1) is 40.5 Å². The molecule has 0 spiro atoms. The zero-order valence-electron chi connectivity index (χ0n) is 18.7. The van der Waals surface area contributed by atoms with E-state index in [0.717, 1.165) is 24.3 Å². The number of hydrogen-bond acceptors (Lipinski definition) is 16. The van der Waals surface area contributed by atoms with Gasteiger partial charge in [0.15, 0.2) is 0 Å². The monoisotopic (exact) mass is 538 g/mol. The van der Waals surface area contributed by atoms with Gasteiger partial charge in [0, 0.05) is 12.1 Å². The zero-order chi connectivity index (χ0) is 28.6. The molecular formula is C18H18N8O12. The van der Waals surface area contributed by atoms with Crippen LogP contribution in [0.2, 0.25) is 0 Å². The Balaban J connectivity index is 2.44. The Bertz CT molecular complexity index is 1300. The molecule has 2 rings (SSSR count). The number of non-ortho nitro benzene ring substituents is 2. The van der Waals surface area contributed by atoms with E-state index < -0.39 is 78.8 Å². The van der Waals surface area contributed by atoms with Gasteiger partial charge in [-0.05, 0) is 12.1 Å². The highest BCUT2D eigenvalue weighted by Gasteiger charge is 2.28. The van der Waals surface area contributed by atoms with Crippen LogP contribution in [0.4, 0.5) is 34.1 Å². The summed E-state index contributed by atoms with van der Waals surface area (Å²) >= 11 is 0. The highest BCUT2D eigenvalue weighted by Crippen LogP contribution is 2.30. The van der Waals surface area contributed by atoms with E-state index in [1.165, 1.54) is 0 Å². The lowest BCUT2D eigenvalue weighted by atomic mass is 10.0. The summed E-state index contributed by atoms with van der Waals surface area (Å²) < 4.78 is 0. The van der Waals surface area contributed by atoms with Crippen LogP contribution in [0.3, 0.4) is 0 Å². The Morgan fingerprint density at radius 3 is 1.71 bits per heavy atom. The third-order valence-electron chi connectivity index (χ3n) is 4.67. The van der Waals surface area contributed by atoms with Crippen LogP contribution in [0.5, 0.6) is 0 Å². The second kappa shape index (κ2) is 12.7. The molecule has 0 fully saturated rings. The topological polar surface area (TPSA) is 302 Å². The number of hydrogen-bond donors (Lipinski definition) is 6. The molecule has 0 aliphatic heterocycles. The van der Waals surface area contributed by atoms with Crippen molar-refractivity contribution in [2.24, 2.45) is 10.2 Å². The second-order valence-corrected chi connectivity index (χ2v) is 7.14. The quantitative estimate of drug-likeness (QED) is 0.113. The van der Waals surface area contributed by atoms with Crippen LogP contribution < -0.4 is 10.9 Å². The Kier molecular flexibility index (Phi) is 9.70. The second-order valence-electron chi connectivity index (χ2n) is 7.14. The van der Waals surface area contributed by atoms with Crippen molar-refractivity contribution in [1.82, 2.24) is 0 Å². The molecule has 20 nitrogen and oxygen atoms in total. The number of aliphatic hydroxyl groups excluding tert-OH is 4. The van der Waals surface area contributed by atoms with Gasteiger partial charge < -0.3 is 20.4 Å². The van der Waals surface area contributed by atoms with Gasteiger partial charge in [-0.15, -0.1) is 0 Å². The first-order valence-electron chi connectivity index (χ1n) is 10.0. The Labute approximate surface area is 209 Å². The van der Waals surface area contributed by atoms with Gasteiger partial charge in [-0.2, -0.15) is 10.2 Å². The Hall–Kier alpha value is -5.18. The summed E-state index contributed by atoms with van der Waals surface area (Å²) in [7, 11) is 0. The van der Waals surface area contributed by atoms with Gasteiger partial charge in [0.05, 0.1) is 44.6 Å². The number of nitrogens with zero attached hydrogens (tertiary/aromatic N) is 6. The molecule has 0 aliphatic carbocycles. The van der Waals surface area contributed by atoms with E-state index in [0.29, 0.717) is 18.3 Å². The van der Waals surface area contributed by atoms with Crippen LogP contribution in [0.15, 0.2) is 46.6 Å². The average Bonchev–Trinajstić information content (AvgIpc) is 2.88. The lowest BCUT2D eigenvalue weighted by Crippen LogP contribution is -2.44. The van der Waals surface area contributed by atoms with Crippen LogP contribution in [0.1, 0.15) is 0 Å². The standard InChI is InChI=1S/C18H18N8O12/c27-8-16(28)18(30)17(29)13(22-21-12-4-2-10(24(33)34)6-15(12)26(37)38)7-19-20-11-3-1-9(23(31)32)5-14(11)25(35)36/h1-7,16-18,20-21,27-30H,8H2. The first kappa shape index (κ1) is 29.1. The average molecular weight is 538 g/mol. The van der Waals surface area contributed by atoms with Crippen molar-refractivity contribution < 1.29 is 40.1 Å². The third kappa shape index (κ3) is 7.17. The van der Waals surface area contributed by atoms with Crippen molar-refractivity contribution in [2.75, 3.05) is 17.5 Å². The number of benzene rings is 2. The number of nitro benzene ring substituents is 4. The molecule has 0 aromatic heterocycles. The molecule has 0 bridgehead atoms. The van der Waals surface area contributed by atoms with Gasteiger partial charge in [-0.3, -0.25) is 51.3 Å². The van der Waals surface area contributed by atoms with Crippen molar-refractivity contribution in [3.8, 4) is 0 Å².